The summed E-state index contributed by atoms with van der Waals surface area (Å²) in [6, 6.07) is 14.9. The molecular formula is C25H35N3O2. The van der Waals surface area contributed by atoms with E-state index in [1.54, 1.807) is 11.1 Å². The van der Waals surface area contributed by atoms with Gasteiger partial charge in [0.2, 0.25) is 0 Å². The summed E-state index contributed by atoms with van der Waals surface area (Å²) >= 11 is 0. The summed E-state index contributed by atoms with van der Waals surface area (Å²) in [5.74, 6) is 0.715. The molecule has 1 atom stereocenters. The second kappa shape index (κ2) is 9.61. The number of carbonyl (C=O) groups is 1. The highest BCUT2D eigenvalue weighted by Crippen LogP contribution is 2.37. The van der Waals surface area contributed by atoms with E-state index in [0.717, 1.165) is 25.1 Å². The van der Waals surface area contributed by atoms with Crippen molar-refractivity contribution in [2.75, 3.05) is 11.4 Å². The molecule has 0 bridgehead atoms. The van der Waals surface area contributed by atoms with Crippen LogP contribution in [0.15, 0.2) is 48.7 Å². The zero-order valence-electron chi connectivity index (χ0n) is 19.0. The highest BCUT2D eigenvalue weighted by atomic mass is 16.6. The zero-order valence-corrected chi connectivity index (χ0v) is 19.0. The van der Waals surface area contributed by atoms with Crippen LogP contribution >= 0.6 is 0 Å². The predicted molar refractivity (Wildman–Crippen MR) is 122 cm³/mol. The van der Waals surface area contributed by atoms with Crippen LogP contribution in [0.25, 0.3) is 0 Å². The third-order valence-corrected chi connectivity index (χ3v) is 5.35. The fraction of sp³-hybridized carbons (Fsp3) is 0.520. The maximum absolute atomic E-state index is 13.1. The Morgan fingerprint density at radius 3 is 2.57 bits per heavy atom. The van der Waals surface area contributed by atoms with Gasteiger partial charge in [-0.05, 0) is 65.6 Å². The number of pyridine rings is 1. The molecule has 0 unspecified atom stereocenters. The van der Waals surface area contributed by atoms with Crippen molar-refractivity contribution in [3.05, 3.63) is 59.8 Å². The topological polar surface area (TPSA) is 45.7 Å². The number of hydrogen-bond acceptors (Lipinski definition) is 4. The van der Waals surface area contributed by atoms with Crippen LogP contribution in [0.5, 0.6) is 0 Å². The number of ether oxygens (including phenoxy) is 1. The molecule has 5 nitrogen and oxygen atoms in total. The molecule has 1 aliphatic rings. The molecule has 1 aromatic carbocycles. The number of anilines is 1. The summed E-state index contributed by atoms with van der Waals surface area (Å²) in [4.78, 5) is 21.9. The maximum Gasteiger partial charge on any atom is 0.416 e. The number of likely N-dealkylation sites (tertiary alicyclic amines) is 1. The second-order valence-corrected chi connectivity index (χ2v) is 9.33. The molecule has 0 aliphatic carbocycles. The maximum atomic E-state index is 13.1. The minimum atomic E-state index is -0.552. The van der Waals surface area contributed by atoms with Gasteiger partial charge in [0.25, 0.3) is 0 Å². The van der Waals surface area contributed by atoms with Crippen LogP contribution in [0.2, 0.25) is 0 Å². The van der Waals surface area contributed by atoms with Gasteiger partial charge in [-0.2, -0.15) is 0 Å². The lowest BCUT2D eigenvalue weighted by Crippen LogP contribution is -2.43. The lowest BCUT2D eigenvalue weighted by atomic mass is 9.94. The summed E-state index contributed by atoms with van der Waals surface area (Å²) in [6.07, 6.45) is 4.86. The van der Waals surface area contributed by atoms with Gasteiger partial charge in [-0.1, -0.05) is 42.8 Å². The Balaban J connectivity index is 1.94. The average molecular weight is 410 g/mol. The number of nitrogens with zero attached hydrogens (tertiary/aromatic N) is 3. The molecule has 0 saturated carbocycles. The smallest absolute Gasteiger partial charge is 0.416 e. The molecule has 0 spiro atoms. The molecule has 1 amide bonds. The van der Waals surface area contributed by atoms with E-state index in [-0.39, 0.29) is 18.2 Å². The van der Waals surface area contributed by atoms with E-state index in [4.69, 9.17) is 4.74 Å². The molecule has 0 radical (unpaired) electrons. The highest BCUT2D eigenvalue weighted by molar-refractivity contribution is 5.88. The van der Waals surface area contributed by atoms with E-state index >= 15 is 0 Å². The molecule has 1 saturated heterocycles. The summed E-state index contributed by atoms with van der Waals surface area (Å²) in [5.41, 5.74) is 1.86. The Bertz CT molecular complexity index is 830. The fourth-order valence-corrected chi connectivity index (χ4v) is 4.07. The van der Waals surface area contributed by atoms with Crippen molar-refractivity contribution < 1.29 is 9.53 Å². The minimum absolute atomic E-state index is 0.0559. The normalized spacial score (nSPS) is 17.7. The van der Waals surface area contributed by atoms with Gasteiger partial charge in [0.1, 0.15) is 11.4 Å². The van der Waals surface area contributed by atoms with E-state index in [1.165, 1.54) is 18.4 Å². The van der Waals surface area contributed by atoms with Crippen LogP contribution in [-0.4, -0.2) is 34.2 Å². The van der Waals surface area contributed by atoms with Crippen molar-refractivity contribution in [3.8, 4) is 0 Å². The Labute approximate surface area is 181 Å². The number of piperidine rings is 1. The first kappa shape index (κ1) is 22.3. The first-order chi connectivity index (χ1) is 14.3. The number of benzene rings is 1. The van der Waals surface area contributed by atoms with Crippen molar-refractivity contribution in [1.29, 1.82) is 0 Å². The van der Waals surface area contributed by atoms with Crippen molar-refractivity contribution in [2.45, 2.75) is 78.1 Å². The van der Waals surface area contributed by atoms with E-state index < -0.39 is 5.60 Å². The van der Waals surface area contributed by atoms with Gasteiger partial charge in [-0.25, -0.2) is 9.78 Å². The number of hydrogen-bond donors (Lipinski definition) is 0. The molecule has 0 N–H and O–H groups in total. The van der Waals surface area contributed by atoms with Gasteiger partial charge < -0.3 is 4.74 Å². The van der Waals surface area contributed by atoms with Crippen LogP contribution in [0.1, 0.15) is 71.0 Å². The van der Waals surface area contributed by atoms with Crippen molar-refractivity contribution in [1.82, 2.24) is 9.88 Å². The van der Waals surface area contributed by atoms with Gasteiger partial charge in [0.15, 0.2) is 0 Å². The first-order valence-corrected chi connectivity index (χ1v) is 11.0. The van der Waals surface area contributed by atoms with Crippen molar-refractivity contribution in [3.63, 3.8) is 0 Å². The monoisotopic (exact) mass is 409 g/mol. The molecular weight excluding hydrogens is 374 g/mol. The molecule has 5 heteroatoms. The first-order valence-electron chi connectivity index (χ1n) is 11.0. The molecule has 1 fully saturated rings. The molecule has 162 valence electrons. The van der Waals surface area contributed by atoms with Crippen LogP contribution in [0, 0.1) is 0 Å². The lowest BCUT2D eigenvalue weighted by Gasteiger charge is -2.38. The summed E-state index contributed by atoms with van der Waals surface area (Å²) < 4.78 is 5.71. The second-order valence-electron chi connectivity index (χ2n) is 9.33. The van der Waals surface area contributed by atoms with Crippen molar-refractivity contribution in [2.24, 2.45) is 0 Å². The molecule has 2 heterocycles. The van der Waals surface area contributed by atoms with Crippen LogP contribution in [0.4, 0.5) is 10.6 Å². The average Bonchev–Trinajstić information content (AvgIpc) is 2.68. The molecule has 3 rings (SSSR count). The highest BCUT2D eigenvalue weighted by Gasteiger charge is 2.32. The Morgan fingerprint density at radius 2 is 1.90 bits per heavy atom. The summed E-state index contributed by atoms with van der Waals surface area (Å²) in [6.45, 7) is 11.6. The molecule has 1 aliphatic heterocycles. The van der Waals surface area contributed by atoms with Crippen LogP contribution in [-0.2, 0) is 11.3 Å². The standard InChI is InChI=1S/C25H35N3O2/c1-19(2)28(24(29)30-25(3,4)5)23-21(14-11-16-26-23)22-15-9-10-17-27(22)18-20-12-7-6-8-13-20/h6-8,11-14,16,19,22H,9-10,15,17-18H2,1-5H3/t22-/m0/s1. The fourth-order valence-electron chi connectivity index (χ4n) is 4.07. The van der Waals surface area contributed by atoms with E-state index in [2.05, 4.69) is 46.3 Å². The summed E-state index contributed by atoms with van der Waals surface area (Å²) in [7, 11) is 0. The molecule has 30 heavy (non-hydrogen) atoms. The lowest BCUT2D eigenvalue weighted by molar-refractivity contribution is 0.0567. The van der Waals surface area contributed by atoms with Crippen molar-refractivity contribution >= 4 is 11.9 Å². The number of carbonyl (C=O) groups excluding carboxylic acids is 1. The van der Waals surface area contributed by atoms with Crippen LogP contribution < -0.4 is 4.90 Å². The van der Waals surface area contributed by atoms with Gasteiger partial charge in [-0.15, -0.1) is 0 Å². The predicted octanol–water partition coefficient (Wildman–Crippen LogP) is 5.96. The number of rotatable bonds is 5. The Hall–Kier alpha value is -2.40. The SMILES string of the molecule is CC(C)N(C(=O)OC(C)(C)C)c1ncccc1[C@@H]1CCCCN1Cc1ccccc1. The number of amides is 1. The van der Waals surface area contributed by atoms with E-state index in [9.17, 15) is 4.79 Å². The van der Waals surface area contributed by atoms with Crippen LogP contribution in [0.3, 0.4) is 0 Å². The van der Waals surface area contributed by atoms with Gasteiger partial charge in [-0.3, -0.25) is 9.80 Å². The third-order valence-electron chi connectivity index (χ3n) is 5.35. The third kappa shape index (κ3) is 5.60. The van der Waals surface area contributed by atoms with E-state index in [1.807, 2.05) is 40.7 Å². The van der Waals surface area contributed by atoms with Gasteiger partial charge in [0, 0.05) is 30.4 Å². The quantitative estimate of drug-likeness (QED) is 0.611. The van der Waals surface area contributed by atoms with Gasteiger partial charge in [0.05, 0.1) is 0 Å². The summed E-state index contributed by atoms with van der Waals surface area (Å²) in [5, 5.41) is 0. The zero-order chi connectivity index (χ0) is 21.7. The van der Waals surface area contributed by atoms with E-state index in [0.29, 0.717) is 5.82 Å². The molecule has 1 aromatic heterocycles. The minimum Gasteiger partial charge on any atom is -0.443 e. The Kier molecular flexibility index (Phi) is 7.14. The number of aromatic nitrogens is 1. The Morgan fingerprint density at radius 1 is 1.17 bits per heavy atom. The largest absolute Gasteiger partial charge is 0.443 e. The van der Waals surface area contributed by atoms with Gasteiger partial charge >= 0.3 is 6.09 Å². The molecule has 2 aromatic rings.